The third-order valence-electron chi connectivity index (χ3n) is 8.68. The molecule has 2 aromatic heterocycles. The molecule has 2 aromatic carbocycles. The third kappa shape index (κ3) is 3.82. The van der Waals surface area contributed by atoms with Crippen LogP contribution in [0.2, 0.25) is 0 Å². The summed E-state index contributed by atoms with van der Waals surface area (Å²) in [5, 5.41) is 25.0. The first-order chi connectivity index (χ1) is 18.3. The number of methoxy groups -OCH3 is 1. The van der Waals surface area contributed by atoms with Gasteiger partial charge in [0.15, 0.2) is 0 Å². The molecule has 194 valence electrons. The number of carbonyl (C=O) groups is 1. The summed E-state index contributed by atoms with van der Waals surface area (Å²) in [7, 11) is 1.57. The Bertz CT molecular complexity index is 1560. The molecule has 2 unspecified atom stereocenters. The van der Waals surface area contributed by atoms with Crippen molar-refractivity contribution in [3.05, 3.63) is 60.3 Å². The van der Waals surface area contributed by atoms with Gasteiger partial charge in [-0.2, -0.15) is 0 Å². The number of nitrogens with one attached hydrogen (secondary N) is 2. The van der Waals surface area contributed by atoms with E-state index in [1.807, 2.05) is 30.3 Å². The molecule has 0 radical (unpaired) electrons. The van der Waals surface area contributed by atoms with Gasteiger partial charge in [-0.3, -0.25) is 4.79 Å². The highest BCUT2D eigenvalue weighted by Gasteiger charge is 2.57. The van der Waals surface area contributed by atoms with E-state index in [-0.39, 0.29) is 17.2 Å². The number of carbonyl (C=O) groups excluding carboxylic acids is 1. The predicted octanol–water partition coefficient (Wildman–Crippen LogP) is 4.82. The molecule has 0 saturated heterocycles. The van der Waals surface area contributed by atoms with Gasteiger partial charge in [-0.25, -0.2) is 9.97 Å². The molecule has 4 aliphatic rings. The molecule has 4 bridgehead atoms. The Hall–Kier alpha value is -3.91. The number of aromatic nitrogens is 3. The van der Waals surface area contributed by atoms with Gasteiger partial charge >= 0.3 is 0 Å². The van der Waals surface area contributed by atoms with Crippen LogP contribution in [0.15, 0.2) is 54.7 Å². The smallest absolute Gasteiger partial charge is 0.251 e. The summed E-state index contributed by atoms with van der Waals surface area (Å²) >= 11 is 0. The Balaban J connectivity index is 1.18. The molecule has 4 saturated carbocycles. The first-order valence-corrected chi connectivity index (χ1v) is 13.2. The molecule has 0 spiro atoms. The monoisotopic (exact) mass is 510 g/mol. The molecule has 4 aliphatic carbocycles. The zero-order chi connectivity index (χ0) is 26.1. The molecule has 4 fully saturated rings. The maximum Gasteiger partial charge on any atom is 0.251 e. The number of rotatable bonds is 5. The quantitative estimate of drug-likeness (QED) is 0.306. The van der Waals surface area contributed by atoms with Crippen molar-refractivity contribution < 1.29 is 19.7 Å². The second-order valence-electron chi connectivity index (χ2n) is 11.5. The Morgan fingerprint density at radius 2 is 1.89 bits per heavy atom. The lowest BCUT2D eigenvalue weighted by Gasteiger charge is -2.60. The first kappa shape index (κ1) is 23.2. The standard InChI is InChI=1S/C30H30N4O4/c1-38-28-21(3-2-8-31-28)19-5-7-25(35)22(10-19)26-32-23-6-4-20(11-24(23)33-26)27(36)34-29-12-17-9-18(13-29)15-30(37,14-17)16-29/h2-8,10-11,17-18,35,37H,9,12-16H2,1H3,(H,32,33)(H,34,36). The molecule has 2 atom stereocenters. The number of benzene rings is 2. The number of hydrogen-bond acceptors (Lipinski definition) is 6. The van der Waals surface area contributed by atoms with Crippen molar-refractivity contribution in [2.45, 2.75) is 49.7 Å². The number of phenols is 1. The summed E-state index contributed by atoms with van der Waals surface area (Å²) in [5.41, 5.74) is 3.18. The van der Waals surface area contributed by atoms with Gasteiger partial charge in [-0.1, -0.05) is 6.07 Å². The van der Waals surface area contributed by atoms with Crippen LogP contribution in [0.1, 0.15) is 48.9 Å². The number of aromatic amines is 1. The Morgan fingerprint density at radius 1 is 1.08 bits per heavy atom. The predicted molar refractivity (Wildman–Crippen MR) is 143 cm³/mol. The van der Waals surface area contributed by atoms with Gasteiger partial charge in [0.1, 0.15) is 11.6 Å². The van der Waals surface area contributed by atoms with Gasteiger partial charge in [-0.15, -0.1) is 0 Å². The summed E-state index contributed by atoms with van der Waals surface area (Å²) in [5.74, 6) is 1.95. The Kier molecular flexibility index (Phi) is 5.07. The number of phenolic OH excluding ortho intramolecular Hbond substituents is 1. The van der Waals surface area contributed by atoms with Gasteiger partial charge in [-0.05, 0) is 98.4 Å². The molecule has 1 amide bonds. The van der Waals surface area contributed by atoms with E-state index < -0.39 is 5.60 Å². The molecule has 8 heteroatoms. The average Bonchev–Trinajstić information content (AvgIpc) is 3.30. The molecule has 38 heavy (non-hydrogen) atoms. The Morgan fingerprint density at radius 3 is 2.66 bits per heavy atom. The minimum absolute atomic E-state index is 0.0911. The fourth-order valence-electron chi connectivity index (χ4n) is 7.61. The van der Waals surface area contributed by atoms with Crippen LogP contribution in [0.4, 0.5) is 0 Å². The number of pyridine rings is 1. The van der Waals surface area contributed by atoms with Crippen molar-refractivity contribution in [1.82, 2.24) is 20.3 Å². The van der Waals surface area contributed by atoms with Crippen LogP contribution in [0, 0.1) is 11.8 Å². The largest absolute Gasteiger partial charge is 0.507 e. The average molecular weight is 511 g/mol. The number of hydrogen-bond donors (Lipinski definition) is 4. The van der Waals surface area contributed by atoms with Crippen LogP contribution < -0.4 is 10.1 Å². The van der Waals surface area contributed by atoms with E-state index in [0.29, 0.717) is 46.6 Å². The highest BCUT2D eigenvalue weighted by atomic mass is 16.5. The summed E-state index contributed by atoms with van der Waals surface area (Å²) in [6, 6.07) is 14.5. The number of aliphatic hydroxyl groups is 1. The van der Waals surface area contributed by atoms with Crippen LogP contribution in [-0.4, -0.2) is 49.3 Å². The van der Waals surface area contributed by atoms with Gasteiger partial charge in [0, 0.05) is 22.9 Å². The maximum atomic E-state index is 13.4. The van der Waals surface area contributed by atoms with Crippen molar-refractivity contribution in [3.63, 3.8) is 0 Å². The fraction of sp³-hybridized carbons (Fsp3) is 0.367. The zero-order valence-corrected chi connectivity index (χ0v) is 21.2. The second kappa shape index (κ2) is 8.30. The van der Waals surface area contributed by atoms with E-state index in [2.05, 4.69) is 15.3 Å². The van der Waals surface area contributed by atoms with Crippen LogP contribution in [0.3, 0.4) is 0 Å². The van der Waals surface area contributed by atoms with E-state index in [0.717, 1.165) is 42.3 Å². The summed E-state index contributed by atoms with van der Waals surface area (Å²) in [6.45, 7) is 0. The van der Waals surface area contributed by atoms with Crippen molar-refractivity contribution in [2.75, 3.05) is 7.11 Å². The fourth-order valence-corrected chi connectivity index (χ4v) is 7.61. The topological polar surface area (TPSA) is 120 Å². The number of amides is 1. The SMILES string of the molecule is COc1ncccc1-c1ccc(O)c(-c2nc3cc(C(=O)NC45CC6CC(CC(O)(C6)C4)C5)ccc3[nH]2)c1. The van der Waals surface area contributed by atoms with Gasteiger partial charge in [0.05, 0.1) is 29.3 Å². The maximum absolute atomic E-state index is 13.4. The number of aromatic hydroxyl groups is 1. The van der Waals surface area contributed by atoms with Crippen molar-refractivity contribution in [2.24, 2.45) is 11.8 Å². The summed E-state index contributed by atoms with van der Waals surface area (Å²) in [4.78, 5) is 25.6. The lowest BCUT2D eigenvalue weighted by Crippen LogP contribution is -2.65. The highest BCUT2D eigenvalue weighted by Crippen LogP contribution is 2.57. The zero-order valence-electron chi connectivity index (χ0n) is 21.2. The molecule has 8 rings (SSSR count). The number of ether oxygens (including phenoxy) is 1. The minimum Gasteiger partial charge on any atom is -0.507 e. The van der Waals surface area contributed by atoms with Gasteiger partial charge < -0.3 is 25.3 Å². The van der Waals surface area contributed by atoms with E-state index in [1.165, 1.54) is 6.42 Å². The normalized spacial score (nSPS) is 27.5. The molecule has 4 N–H and O–H groups in total. The van der Waals surface area contributed by atoms with Crippen LogP contribution >= 0.6 is 0 Å². The lowest BCUT2D eigenvalue weighted by atomic mass is 9.51. The molecular formula is C30H30N4O4. The van der Waals surface area contributed by atoms with Crippen molar-refractivity contribution in [3.8, 4) is 34.1 Å². The second-order valence-corrected chi connectivity index (χ2v) is 11.5. The summed E-state index contributed by atoms with van der Waals surface area (Å²) in [6.07, 6.45) is 7.11. The number of H-pyrrole nitrogens is 1. The lowest BCUT2D eigenvalue weighted by molar-refractivity contribution is -0.139. The van der Waals surface area contributed by atoms with E-state index in [9.17, 15) is 15.0 Å². The minimum atomic E-state index is -0.630. The van der Waals surface area contributed by atoms with Crippen LogP contribution in [-0.2, 0) is 0 Å². The van der Waals surface area contributed by atoms with Gasteiger partial charge in [0.25, 0.3) is 5.91 Å². The first-order valence-electron chi connectivity index (χ1n) is 13.2. The third-order valence-corrected chi connectivity index (χ3v) is 8.68. The molecule has 8 nitrogen and oxygen atoms in total. The Labute approximate surface area is 220 Å². The van der Waals surface area contributed by atoms with Crippen molar-refractivity contribution >= 4 is 16.9 Å². The molecule has 0 aliphatic heterocycles. The van der Waals surface area contributed by atoms with E-state index >= 15 is 0 Å². The van der Waals surface area contributed by atoms with Gasteiger partial charge in [0.2, 0.25) is 5.88 Å². The van der Waals surface area contributed by atoms with Crippen molar-refractivity contribution in [1.29, 1.82) is 0 Å². The van der Waals surface area contributed by atoms with E-state index in [1.54, 1.807) is 31.5 Å². The van der Waals surface area contributed by atoms with Crippen LogP contribution in [0.5, 0.6) is 11.6 Å². The van der Waals surface area contributed by atoms with E-state index in [4.69, 9.17) is 9.72 Å². The molecule has 4 aromatic rings. The molecule has 2 heterocycles. The highest BCUT2D eigenvalue weighted by molar-refractivity contribution is 5.98. The number of nitrogens with zero attached hydrogens (tertiary/aromatic N) is 2. The van der Waals surface area contributed by atoms with Crippen LogP contribution in [0.25, 0.3) is 33.5 Å². The summed E-state index contributed by atoms with van der Waals surface area (Å²) < 4.78 is 5.40. The number of imidazole rings is 1. The number of fused-ring (bicyclic) bond motifs is 1. The molecular weight excluding hydrogens is 480 g/mol.